The van der Waals surface area contributed by atoms with Crippen molar-refractivity contribution in [3.63, 3.8) is 0 Å². The first-order valence-electron chi connectivity index (χ1n) is 11.1. The van der Waals surface area contributed by atoms with Crippen molar-refractivity contribution in [2.45, 2.75) is 33.1 Å². The molecule has 0 aliphatic rings. The zero-order chi connectivity index (χ0) is 21.5. The number of hydrogen-bond donors (Lipinski definition) is 0. The van der Waals surface area contributed by atoms with Crippen molar-refractivity contribution in [2.24, 2.45) is 0 Å². The van der Waals surface area contributed by atoms with Crippen LogP contribution in [0.15, 0.2) is 84.9 Å². The Balaban J connectivity index is 1.47. The van der Waals surface area contributed by atoms with Gasteiger partial charge in [0.15, 0.2) is 0 Å². The Hall–Kier alpha value is -3.50. The maximum atomic E-state index is 5.58. The van der Waals surface area contributed by atoms with Crippen molar-refractivity contribution >= 4 is 10.8 Å². The summed E-state index contributed by atoms with van der Waals surface area (Å²) < 4.78 is 5.58. The van der Waals surface area contributed by atoms with E-state index in [-0.39, 0.29) is 0 Å². The molecule has 0 bridgehead atoms. The van der Waals surface area contributed by atoms with Gasteiger partial charge in [-0.2, -0.15) is 0 Å². The maximum absolute atomic E-state index is 5.58. The molecule has 0 aromatic heterocycles. The van der Waals surface area contributed by atoms with Crippen molar-refractivity contribution in [2.75, 3.05) is 6.61 Å². The molecule has 0 atom stereocenters. The van der Waals surface area contributed by atoms with E-state index in [0.717, 1.165) is 23.3 Å². The summed E-state index contributed by atoms with van der Waals surface area (Å²) in [5.74, 6) is 7.50. The highest BCUT2D eigenvalue weighted by atomic mass is 16.5. The van der Waals surface area contributed by atoms with E-state index in [1.807, 2.05) is 13.0 Å². The minimum Gasteiger partial charge on any atom is -0.494 e. The van der Waals surface area contributed by atoms with Gasteiger partial charge in [-0.3, -0.25) is 0 Å². The number of benzene rings is 4. The summed E-state index contributed by atoms with van der Waals surface area (Å²) >= 11 is 0. The van der Waals surface area contributed by atoms with E-state index in [4.69, 9.17) is 4.74 Å². The first-order chi connectivity index (χ1) is 15.2. The minimum absolute atomic E-state index is 0.679. The van der Waals surface area contributed by atoms with Crippen LogP contribution in [0.5, 0.6) is 5.75 Å². The predicted octanol–water partition coefficient (Wildman–Crippen LogP) is 7.65. The average Bonchev–Trinajstić information content (AvgIpc) is 2.82. The van der Waals surface area contributed by atoms with Crippen LogP contribution in [-0.2, 0) is 6.42 Å². The molecule has 0 aliphatic carbocycles. The van der Waals surface area contributed by atoms with Crippen LogP contribution in [0.3, 0.4) is 0 Å². The monoisotopic (exact) mass is 404 g/mol. The van der Waals surface area contributed by atoms with Crippen LogP contribution in [0.25, 0.3) is 21.9 Å². The standard InChI is InChI=1S/C30H28O/c1-3-5-6-23-9-14-26(15-10-23)27-16-11-24(12-17-27)7-8-25-13-18-29-22-30(31-4-2)20-19-28(29)21-25/h9-22H,3-6H2,1-2H3. The largest absolute Gasteiger partial charge is 0.494 e. The van der Waals surface area contributed by atoms with Crippen molar-refractivity contribution in [3.8, 4) is 28.7 Å². The van der Waals surface area contributed by atoms with E-state index in [2.05, 4.69) is 97.6 Å². The fraction of sp³-hybridized carbons (Fsp3) is 0.200. The zero-order valence-electron chi connectivity index (χ0n) is 18.3. The number of aryl methyl sites for hydroxylation is 1. The van der Waals surface area contributed by atoms with E-state index in [1.165, 1.54) is 40.3 Å². The quantitative estimate of drug-likeness (QED) is 0.300. The molecular formula is C30H28O. The van der Waals surface area contributed by atoms with E-state index in [9.17, 15) is 0 Å². The van der Waals surface area contributed by atoms with Crippen molar-refractivity contribution in [1.82, 2.24) is 0 Å². The van der Waals surface area contributed by atoms with Gasteiger partial charge in [-0.25, -0.2) is 0 Å². The van der Waals surface area contributed by atoms with Gasteiger partial charge in [-0.1, -0.05) is 73.7 Å². The number of fused-ring (bicyclic) bond motifs is 1. The molecule has 0 saturated heterocycles. The lowest BCUT2D eigenvalue weighted by Crippen LogP contribution is -1.90. The molecule has 4 aromatic carbocycles. The van der Waals surface area contributed by atoms with Crippen LogP contribution >= 0.6 is 0 Å². The molecule has 4 rings (SSSR count). The van der Waals surface area contributed by atoms with E-state index < -0.39 is 0 Å². The normalized spacial score (nSPS) is 10.5. The number of hydrogen-bond acceptors (Lipinski definition) is 1. The van der Waals surface area contributed by atoms with Gasteiger partial charge in [-0.15, -0.1) is 0 Å². The van der Waals surface area contributed by atoms with E-state index in [0.29, 0.717) is 6.61 Å². The molecule has 0 amide bonds. The molecule has 0 radical (unpaired) electrons. The predicted molar refractivity (Wildman–Crippen MR) is 132 cm³/mol. The highest BCUT2D eigenvalue weighted by Crippen LogP contribution is 2.23. The molecule has 1 heteroatoms. The molecule has 0 fully saturated rings. The first-order valence-corrected chi connectivity index (χ1v) is 11.1. The zero-order valence-corrected chi connectivity index (χ0v) is 18.3. The van der Waals surface area contributed by atoms with Crippen LogP contribution in [-0.4, -0.2) is 6.61 Å². The first kappa shape index (κ1) is 20.8. The molecule has 154 valence electrons. The number of ether oxygens (including phenoxy) is 1. The molecule has 0 spiro atoms. The van der Waals surface area contributed by atoms with Crippen LogP contribution in [0.4, 0.5) is 0 Å². The van der Waals surface area contributed by atoms with Crippen LogP contribution in [0, 0.1) is 11.8 Å². The summed E-state index contributed by atoms with van der Waals surface area (Å²) in [6, 6.07) is 29.9. The molecule has 4 aromatic rings. The highest BCUT2D eigenvalue weighted by Gasteiger charge is 2.00. The van der Waals surface area contributed by atoms with Crippen LogP contribution in [0.1, 0.15) is 43.4 Å². The Bertz CT molecular complexity index is 1210. The lowest BCUT2D eigenvalue weighted by molar-refractivity contribution is 0.341. The Morgan fingerprint density at radius 1 is 0.645 bits per heavy atom. The van der Waals surface area contributed by atoms with Gasteiger partial charge < -0.3 is 4.74 Å². The summed E-state index contributed by atoms with van der Waals surface area (Å²) in [6.45, 7) is 4.91. The topological polar surface area (TPSA) is 9.23 Å². The fourth-order valence-corrected chi connectivity index (χ4v) is 3.69. The SMILES string of the molecule is CCCCc1ccc(-c2ccc(C#Cc3ccc4cc(OCC)ccc4c3)cc2)cc1. The third-order valence-corrected chi connectivity index (χ3v) is 5.47. The van der Waals surface area contributed by atoms with Crippen molar-refractivity contribution in [1.29, 1.82) is 0 Å². The molecule has 0 heterocycles. The summed E-state index contributed by atoms with van der Waals surface area (Å²) in [5, 5.41) is 2.34. The lowest BCUT2D eigenvalue weighted by atomic mass is 10.0. The van der Waals surface area contributed by atoms with Crippen molar-refractivity contribution < 1.29 is 4.74 Å². The second-order valence-corrected chi connectivity index (χ2v) is 7.78. The lowest BCUT2D eigenvalue weighted by Gasteiger charge is -2.05. The molecule has 0 unspecified atom stereocenters. The van der Waals surface area contributed by atoms with Gasteiger partial charge in [-0.05, 0) is 83.6 Å². The van der Waals surface area contributed by atoms with E-state index in [1.54, 1.807) is 0 Å². The summed E-state index contributed by atoms with van der Waals surface area (Å²) in [6.07, 6.45) is 3.64. The molecule has 31 heavy (non-hydrogen) atoms. The third-order valence-electron chi connectivity index (χ3n) is 5.47. The van der Waals surface area contributed by atoms with E-state index >= 15 is 0 Å². The average molecular weight is 405 g/mol. The second kappa shape index (κ2) is 10.0. The number of rotatable bonds is 6. The van der Waals surface area contributed by atoms with Crippen LogP contribution in [0.2, 0.25) is 0 Å². The van der Waals surface area contributed by atoms with Gasteiger partial charge >= 0.3 is 0 Å². The molecule has 0 aliphatic heterocycles. The Labute approximate surface area is 185 Å². The van der Waals surface area contributed by atoms with Gasteiger partial charge in [0.2, 0.25) is 0 Å². The van der Waals surface area contributed by atoms with Crippen molar-refractivity contribution in [3.05, 3.63) is 102 Å². The van der Waals surface area contributed by atoms with Gasteiger partial charge in [0.25, 0.3) is 0 Å². The minimum atomic E-state index is 0.679. The summed E-state index contributed by atoms with van der Waals surface area (Å²) in [4.78, 5) is 0. The second-order valence-electron chi connectivity index (χ2n) is 7.78. The molecule has 0 N–H and O–H groups in total. The summed E-state index contributed by atoms with van der Waals surface area (Å²) in [5.41, 5.74) is 5.93. The van der Waals surface area contributed by atoms with Gasteiger partial charge in [0, 0.05) is 11.1 Å². The van der Waals surface area contributed by atoms with Gasteiger partial charge in [0.05, 0.1) is 6.61 Å². The Kier molecular flexibility index (Phi) is 6.70. The van der Waals surface area contributed by atoms with Crippen LogP contribution < -0.4 is 4.74 Å². The maximum Gasteiger partial charge on any atom is 0.119 e. The Morgan fingerprint density at radius 3 is 1.97 bits per heavy atom. The summed E-state index contributed by atoms with van der Waals surface area (Å²) in [7, 11) is 0. The molecular weight excluding hydrogens is 376 g/mol. The fourth-order valence-electron chi connectivity index (χ4n) is 3.69. The van der Waals surface area contributed by atoms with Gasteiger partial charge in [0.1, 0.15) is 5.75 Å². The third kappa shape index (κ3) is 5.36. The number of unbranched alkanes of at least 4 members (excludes halogenated alkanes) is 1. The highest BCUT2D eigenvalue weighted by molar-refractivity contribution is 5.85. The molecule has 1 nitrogen and oxygen atoms in total. The molecule has 0 saturated carbocycles. The Morgan fingerprint density at radius 2 is 1.26 bits per heavy atom. The smallest absolute Gasteiger partial charge is 0.119 e.